The molecule has 0 saturated carbocycles. The molecule has 268 valence electrons. The van der Waals surface area contributed by atoms with Gasteiger partial charge in [-0.3, -0.25) is 4.79 Å². The van der Waals surface area contributed by atoms with Crippen molar-refractivity contribution in [2.45, 2.75) is 59.5 Å². The molecule has 0 atom stereocenters. The lowest BCUT2D eigenvalue weighted by molar-refractivity contribution is 0.0509. The number of amides is 1. The number of benzene rings is 4. The van der Waals surface area contributed by atoms with Crippen molar-refractivity contribution in [3.63, 3.8) is 0 Å². The largest absolute Gasteiger partial charge is 0.507 e. The maximum Gasteiger partial charge on any atom is 0.347 e. The van der Waals surface area contributed by atoms with Gasteiger partial charge in [0.15, 0.2) is 6.79 Å². The summed E-state index contributed by atoms with van der Waals surface area (Å²) in [5.74, 6) is -1.18. The molecule has 0 aliphatic carbocycles. The van der Waals surface area contributed by atoms with E-state index in [9.17, 15) is 19.8 Å². The molecule has 2 N–H and O–H groups in total. The second-order valence-electron chi connectivity index (χ2n) is 14.0. The zero-order valence-electron chi connectivity index (χ0n) is 30.4. The molecule has 1 amide bonds. The van der Waals surface area contributed by atoms with Crippen LogP contribution in [0.1, 0.15) is 72.0 Å². The Morgan fingerprint density at radius 1 is 0.961 bits per heavy atom. The van der Waals surface area contributed by atoms with Gasteiger partial charge in [0.25, 0.3) is 14.2 Å². The Morgan fingerprint density at radius 2 is 1.59 bits per heavy atom. The van der Waals surface area contributed by atoms with Gasteiger partial charge in [-0.1, -0.05) is 93.1 Å². The van der Waals surface area contributed by atoms with Crippen LogP contribution < -0.4 is 19.8 Å². The van der Waals surface area contributed by atoms with Crippen molar-refractivity contribution in [1.29, 1.82) is 0 Å². The van der Waals surface area contributed by atoms with Gasteiger partial charge in [0, 0.05) is 30.8 Å². The first-order valence-corrected chi connectivity index (χ1v) is 18.9. The van der Waals surface area contributed by atoms with Crippen molar-refractivity contribution in [2.75, 3.05) is 27.1 Å². The number of fused-ring (bicyclic) bond motifs is 1. The minimum absolute atomic E-state index is 0.0264. The molecule has 9 nitrogen and oxygen atoms in total. The molecule has 4 aromatic carbocycles. The summed E-state index contributed by atoms with van der Waals surface area (Å²) >= 11 is 0. The topological polar surface area (TPSA) is 115 Å². The minimum Gasteiger partial charge on any atom is -0.507 e. The zero-order valence-corrected chi connectivity index (χ0v) is 31.4. The summed E-state index contributed by atoms with van der Waals surface area (Å²) in [5.41, 5.74) is 2.48. The number of allylic oxidation sites excluding steroid dienone is 2. The molecule has 0 fully saturated rings. The molecule has 4 aromatic rings. The summed E-state index contributed by atoms with van der Waals surface area (Å²) < 4.78 is 23.2. The van der Waals surface area contributed by atoms with E-state index in [0.29, 0.717) is 29.0 Å². The van der Waals surface area contributed by atoms with Crippen molar-refractivity contribution in [2.24, 2.45) is 0 Å². The van der Waals surface area contributed by atoms with E-state index in [4.69, 9.17) is 18.6 Å². The lowest BCUT2D eigenvalue weighted by Crippen LogP contribution is -2.67. The first-order chi connectivity index (χ1) is 24.3. The predicted octanol–water partition coefficient (Wildman–Crippen LogP) is 6.65. The maximum absolute atomic E-state index is 13.9. The molecule has 10 heteroatoms. The average molecular weight is 710 g/mol. The number of hydrogen-bond acceptors (Lipinski definition) is 8. The third kappa shape index (κ3) is 7.73. The molecular weight excluding hydrogens is 663 g/mol. The Labute approximate surface area is 301 Å². The number of phenolic OH excluding ortho intramolecular Hbond substituents is 2. The monoisotopic (exact) mass is 709 g/mol. The highest BCUT2D eigenvalue weighted by atomic mass is 28.4. The molecule has 0 radical (unpaired) electrons. The average Bonchev–Trinajstić information content (AvgIpc) is 3.40. The van der Waals surface area contributed by atoms with Crippen LogP contribution in [0.4, 0.5) is 0 Å². The Hall–Kier alpha value is -4.90. The zero-order chi connectivity index (χ0) is 36.9. The number of hydrogen-bond donors (Lipinski definition) is 2. The van der Waals surface area contributed by atoms with Gasteiger partial charge >= 0.3 is 5.97 Å². The van der Waals surface area contributed by atoms with E-state index >= 15 is 0 Å². The number of phenols is 2. The van der Waals surface area contributed by atoms with Crippen LogP contribution in [0.2, 0.25) is 5.04 Å². The molecule has 1 aliphatic heterocycles. The van der Waals surface area contributed by atoms with E-state index in [-0.39, 0.29) is 65.7 Å². The van der Waals surface area contributed by atoms with Crippen LogP contribution in [0.15, 0.2) is 90.5 Å². The fourth-order valence-electron chi connectivity index (χ4n) is 6.72. The van der Waals surface area contributed by atoms with Gasteiger partial charge in [-0.2, -0.15) is 0 Å². The SMILES string of the molecule is COCOc1cc(C)c(C(=O)Oc2cc3c(c(O)c2CC=C(C)C)CN(CCO[Si](c2ccccc2)(c2ccccc2)C(C)(C)C)C3=O)c(O)c1. The van der Waals surface area contributed by atoms with Crippen LogP contribution in [0.5, 0.6) is 23.0 Å². The second kappa shape index (κ2) is 15.5. The van der Waals surface area contributed by atoms with Gasteiger partial charge in [0.1, 0.15) is 28.6 Å². The first-order valence-electron chi connectivity index (χ1n) is 17.0. The van der Waals surface area contributed by atoms with Gasteiger partial charge in [0.05, 0.1) is 18.7 Å². The Kier molecular flexibility index (Phi) is 11.4. The molecule has 0 saturated heterocycles. The number of aromatic hydroxyl groups is 2. The number of esters is 1. The fraction of sp³-hybridized carbons (Fsp3) is 0.317. The van der Waals surface area contributed by atoms with E-state index < -0.39 is 14.3 Å². The molecule has 0 aromatic heterocycles. The maximum atomic E-state index is 13.9. The van der Waals surface area contributed by atoms with Crippen LogP contribution in [0.25, 0.3) is 0 Å². The molecule has 0 unspecified atom stereocenters. The number of carbonyl (C=O) groups is 2. The van der Waals surface area contributed by atoms with E-state index in [1.165, 1.54) is 19.2 Å². The fourth-order valence-corrected chi connectivity index (χ4v) is 11.3. The van der Waals surface area contributed by atoms with Crippen LogP contribution in [-0.4, -0.2) is 62.4 Å². The third-order valence-electron chi connectivity index (χ3n) is 9.19. The number of methoxy groups -OCH3 is 1. The quantitative estimate of drug-likeness (QED) is 0.0522. The predicted molar refractivity (Wildman–Crippen MR) is 200 cm³/mol. The Bertz CT molecular complexity index is 1850. The highest BCUT2D eigenvalue weighted by Gasteiger charge is 2.50. The number of nitrogens with zero attached hydrogens (tertiary/aromatic N) is 1. The summed E-state index contributed by atoms with van der Waals surface area (Å²) in [6, 6.07) is 25.1. The van der Waals surface area contributed by atoms with Crippen molar-refractivity contribution in [1.82, 2.24) is 4.90 Å². The molecule has 1 heterocycles. The summed E-state index contributed by atoms with van der Waals surface area (Å²) in [7, 11) is -1.35. The van der Waals surface area contributed by atoms with Crippen LogP contribution in [0, 0.1) is 6.92 Å². The second-order valence-corrected chi connectivity index (χ2v) is 18.3. The summed E-state index contributed by atoms with van der Waals surface area (Å²) in [5, 5.41) is 24.4. The van der Waals surface area contributed by atoms with Crippen molar-refractivity contribution in [3.8, 4) is 23.0 Å². The van der Waals surface area contributed by atoms with E-state index in [1.54, 1.807) is 17.9 Å². The van der Waals surface area contributed by atoms with Crippen molar-refractivity contribution < 1.29 is 38.4 Å². The van der Waals surface area contributed by atoms with Gasteiger partial charge in [-0.05, 0) is 60.3 Å². The normalized spacial score (nSPS) is 12.8. The molecule has 1 aliphatic rings. The number of rotatable bonds is 13. The highest BCUT2D eigenvalue weighted by Crippen LogP contribution is 2.41. The summed E-state index contributed by atoms with van der Waals surface area (Å²) in [6.07, 6.45) is 2.18. The highest BCUT2D eigenvalue weighted by molar-refractivity contribution is 6.99. The Balaban J connectivity index is 1.43. The minimum atomic E-state index is -2.83. The molecule has 0 bridgehead atoms. The van der Waals surface area contributed by atoms with Crippen LogP contribution in [0.3, 0.4) is 0 Å². The van der Waals surface area contributed by atoms with Crippen molar-refractivity contribution in [3.05, 3.63) is 118 Å². The first kappa shape index (κ1) is 37.4. The third-order valence-corrected chi connectivity index (χ3v) is 14.2. The Morgan fingerprint density at radius 3 is 2.14 bits per heavy atom. The van der Waals surface area contributed by atoms with Gasteiger partial charge < -0.3 is 33.7 Å². The van der Waals surface area contributed by atoms with E-state index in [1.807, 2.05) is 56.3 Å². The van der Waals surface area contributed by atoms with Crippen LogP contribution >= 0.6 is 0 Å². The summed E-state index contributed by atoms with van der Waals surface area (Å²) in [6.45, 7) is 12.9. The number of carbonyl (C=O) groups excluding carboxylic acids is 2. The van der Waals surface area contributed by atoms with Crippen LogP contribution in [-0.2, 0) is 22.1 Å². The molecule has 0 spiro atoms. The van der Waals surface area contributed by atoms with Crippen molar-refractivity contribution >= 4 is 30.6 Å². The van der Waals surface area contributed by atoms with E-state index in [0.717, 1.165) is 15.9 Å². The number of aryl methyl sites for hydroxylation is 1. The molecule has 51 heavy (non-hydrogen) atoms. The van der Waals surface area contributed by atoms with Gasteiger partial charge in [0.2, 0.25) is 0 Å². The van der Waals surface area contributed by atoms with E-state index in [2.05, 4.69) is 45.0 Å². The molecular formula is C41H47NO8Si. The lowest BCUT2D eigenvalue weighted by Gasteiger charge is -2.43. The number of ether oxygens (including phenoxy) is 3. The van der Waals surface area contributed by atoms with Gasteiger partial charge in [-0.25, -0.2) is 4.79 Å². The standard InChI is InChI=1S/C41H47NO8Si/c1-27(2)18-19-32-36(50-40(46)37-28(3)22-29(23-35(37)43)48-26-47-7)24-33-34(38(32)44)25-42(39(33)45)20-21-49-51(41(4,5)6,30-14-10-8-11-15-30)31-16-12-9-13-17-31/h8-18,22-24,43-44H,19-21,25-26H2,1-7H3. The smallest absolute Gasteiger partial charge is 0.347 e. The molecule has 5 rings (SSSR count). The lowest BCUT2D eigenvalue weighted by atomic mass is 9.99. The van der Waals surface area contributed by atoms with Gasteiger partial charge in [-0.15, -0.1) is 0 Å². The summed E-state index contributed by atoms with van der Waals surface area (Å²) in [4.78, 5) is 29.1.